The predicted octanol–water partition coefficient (Wildman–Crippen LogP) is 15.7. The van der Waals surface area contributed by atoms with Gasteiger partial charge in [0.15, 0.2) is 17.5 Å². The van der Waals surface area contributed by atoms with E-state index in [-0.39, 0.29) is 23.0 Å². The molecule has 0 radical (unpaired) electrons. The van der Waals surface area contributed by atoms with Gasteiger partial charge in [-0.05, 0) is 71.8 Å². The first-order chi connectivity index (χ1) is 34.9. The number of hydrogen-bond donors (Lipinski definition) is 0. The SMILES string of the molecule is N#Cc1cc(-c2nc(-c3ccccc3)nc(-c3ccccc3)n2)c(-n2c3ccccc3c3cc(-c4ccc(C(F)(F)F)cc4C(F)(F)F)ccc32)c(-c2cnccc2-n2c3ccccc3c3ccccc32)c1. The van der Waals surface area contributed by atoms with Crippen molar-refractivity contribution in [2.24, 2.45) is 0 Å². The number of hydrogen-bond acceptors (Lipinski definition) is 5. The minimum Gasteiger partial charge on any atom is -0.309 e. The van der Waals surface area contributed by atoms with Gasteiger partial charge in [-0.3, -0.25) is 4.98 Å². The molecule has 346 valence electrons. The van der Waals surface area contributed by atoms with Crippen molar-refractivity contribution in [2.45, 2.75) is 12.4 Å². The van der Waals surface area contributed by atoms with Crippen LogP contribution in [0.25, 0.3) is 111 Å². The largest absolute Gasteiger partial charge is 0.417 e. The third-order valence-electron chi connectivity index (χ3n) is 12.9. The lowest BCUT2D eigenvalue weighted by atomic mass is 9.95. The number of halogens is 6. The quantitative estimate of drug-likeness (QED) is 0.149. The van der Waals surface area contributed by atoms with Crippen molar-refractivity contribution in [1.29, 1.82) is 5.26 Å². The smallest absolute Gasteiger partial charge is 0.309 e. The summed E-state index contributed by atoms with van der Waals surface area (Å²) in [7, 11) is 0. The van der Waals surface area contributed by atoms with Crippen molar-refractivity contribution in [3.05, 3.63) is 217 Å². The summed E-state index contributed by atoms with van der Waals surface area (Å²) in [5.74, 6) is 0.955. The van der Waals surface area contributed by atoms with Crippen LogP contribution < -0.4 is 0 Å². The molecule has 13 heteroatoms. The van der Waals surface area contributed by atoms with E-state index in [1.54, 1.807) is 36.7 Å². The van der Waals surface area contributed by atoms with Gasteiger partial charge in [0, 0.05) is 61.8 Å². The van der Waals surface area contributed by atoms with E-state index in [2.05, 4.69) is 27.8 Å². The highest BCUT2D eigenvalue weighted by Crippen LogP contribution is 2.47. The van der Waals surface area contributed by atoms with Gasteiger partial charge in [0.05, 0.1) is 56.2 Å². The summed E-state index contributed by atoms with van der Waals surface area (Å²) in [6, 6.07) is 56.7. The number of rotatable bonds is 7. The number of benzene rings is 8. The van der Waals surface area contributed by atoms with Crippen molar-refractivity contribution in [1.82, 2.24) is 29.1 Å². The van der Waals surface area contributed by atoms with E-state index in [9.17, 15) is 31.6 Å². The molecule has 0 unspecified atom stereocenters. The van der Waals surface area contributed by atoms with Gasteiger partial charge in [0.1, 0.15) is 0 Å². The summed E-state index contributed by atoms with van der Waals surface area (Å²) >= 11 is 0. The normalized spacial score (nSPS) is 12.0. The van der Waals surface area contributed by atoms with E-state index in [0.717, 1.165) is 33.6 Å². The topological polar surface area (TPSA) is 85.2 Å². The van der Waals surface area contributed by atoms with Gasteiger partial charge in [-0.1, -0.05) is 127 Å². The zero-order chi connectivity index (χ0) is 49.3. The lowest BCUT2D eigenvalue weighted by Gasteiger charge is -2.21. The predicted molar refractivity (Wildman–Crippen MR) is 268 cm³/mol. The van der Waals surface area contributed by atoms with Crippen molar-refractivity contribution in [3.8, 4) is 73.9 Å². The minimum absolute atomic E-state index is 0.0603. The van der Waals surface area contributed by atoms with Gasteiger partial charge in [-0.15, -0.1) is 0 Å². The molecule has 72 heavy (non-hydrogen) atoms. The van der Waals surface area contributed by atoms with Crippen LogP contribution in [0.1, 0.15) is 16.7 Å². The van der Waals surface area contributed by atoms with Crippen LogP contribution in [0.4, 0.5) is 26.3 Å². The van der Waals surface area contributed by atoms with Crippen LogP contribution in [0.2, 0.25) is 0 Å². The van der Waals surface area contributed by atoms with E-state index in [4.69, 9.17) is 15.0 Å². The van der Waals surface area contributed by atoms with Crippen LogP contribution >= 0.6 is 0 Å². The van der Waals surface area contributed by atoms with Crippen LogP contribution in [-0.4, -0.2) is 29.1 Å². The monoisotopic (exact) mass is 953 g/mol. The highest BCUT2D eigenvalue weighted by Gasteiger charge is 2.38. The summed E-state index contributed by atoms with van der Waals surface area (Å²) < 4.78 is 89.9. The Morgan fingerprint density at radius 3 is 1.53 bits per heavy atom. The van der Waals surface area contributed by atoms with E-state index in [1.165, 1.54) is 6.07 Å². The summed E-state index contributed by atoms with van der Waals surface area (Å²) in [5, 5.41) is 14.1. The van der Waals surface area contributed by atoms with Crippen LogP contribution in [0.15, 0.2) is 200 Å². The Hall–Kier alpha value is -9.41. The maximum atomic E-state index is 14.7. The fourth-order valence-corrected chi connectivity index (χ4v) is 9.80. The zero-order valence-corrected chi connectivity index (χ0v) is 37.5. The molecule has 8 aromatic carbocycles. The first-order valence-electron chi connectivity index (χ1n) is 22.7. The Labute approximate surface area is 406 Å². The van der Waals surface area contributed by atoms with Crippen molar-refractivity contribution in [2.75, 3.05) is 0 Å². The molecule has 0 amide bonds. The molecule has 0 spiro atoms. The number of nitrogens with zero attached hydrogens (tertiary/aromatic N) is 7. The fraction of sp³-hybridized carbons (Fsp3) is 0.0339. The second kappa shape index (κ2) is 16.9. The Balaban J connectivity index is 1.21. The molecule has 0 aliphatic carbocycles. The maximum absolute atomic E-state index is 14.7. The van der Waals surface area contributed by atoms with Gasteiger partial charge < -0.3 is 9.13 Å². The number of aromatic nitrogens is 6. The van der Waals surface area contributed by atoms with Gasteiger partial charge in [-0.25, -0.2) is 15.0 Å². The standard InChI is InChI=1S/C59H33F6N7/c60-58(61,62)39-24-25-40(48(32-39)59(63,64)65)38-23-26-52-44(31-38)43-19-9-12-22-51(43)72(52)54-45(47-34-67-28-27-53(47)71-49-20-10-7-17-41(49)42-18-8-11-21-50(42)71)29-35(33-66)30-46(54)57-69-55(36-13-3-1-4-14-36)68-56(70-57)37-15-5-2-6-16-37/h1-32,34H. The molecule has 0 fully saturated rings. The highest BCUT2D eigenvalue weighted by atomic mass is 19.4. The summed E-state index contributed by atoms with van der Waals surface area (Å²) in [6.45, 7) is 0. The third-order valence-corrected chi connectivity index (χ3v) is 12.9. The third kappa shape index (κ3) is 7.39. The average molecular weight is 954 g/mol. The van der Waals surface area contributed by atoms with Gasteiger partial charge in [0.2, 0.25) is 0 Å². The molecule has 0 saturated heterocycles. The first-order valence-corrected chi connectivity index (χ1v) is 22.7. The molecule has 0 saturated carbocycles. The van der Waals surface area contributed by atoms with Crippen LogP contribution in [0, 0.1) is 11.3 Å². The van der Waals surface area contributed by atoms with Gasteiger partial charge in [0.25, 0.3) is 0 Å². The van der Waals surface area contributed by atoms with E-state index in [1.807, 2.05) is 132 Å². The molecule has 7 nitrogen and oxygen atoms in total. The molecule has 0 aliphatic rings. The van der Waals surface area contributed by atoms with Crippen molar-refractivity contribution in [3.63, 3.8) is 0 Å². The van der Waals surface area contributed by atoms with E-state index >= 15 is 0 Å². The average Bonchev–Trinajstić information content (AvgIpc) is 3.92. The van der Waals surface area contributed by atoms with Gasteiger partial charge >= 0.3 is 12.4 Å². The Bertz CT molecular complexity index is 4040. The zero-order valence-electron chi connectivity index (χ0n) is 37.5. The number of fused-ring (bicyclic) bond motifs is 6. The first kappa shape index (κ1) is 43.8. The molecule has 12 aromatic rings. The Morgan fingerprint density at radius 2 is 0.944 bits per heavy atom. The summed E-state index contributed by atoms with van der Waals surface area (Å²) in [6.07, 6.45) is -6.65. The van der Waals surface area contributed by atoms with E-state index in [0.29, 0.717) is 73.0 Å². The van der Waals surface area contributed by atoms with Crippen LogP contribution in [0.3, 0.4) is 0 Å². The maximum Gasteiger partial charge on any atom is 0.417 e. The molecular formula is C59H33F6N7. The second-order valence-corrected chi connectivity index (χ2v) is 17.2. The van der Waals surface area contributed by atoms with Crippen LogP contribution in [-0.2, 0) is 12.4 Å². The molecule has 4 aromatic heterocycles. The number of para-hydroxylation sites is 3. The molecule has 0 aliphatic heterocycles. The second-order valence-electron chi connectivity index (χ2n) is 17.2. The number of nitriles is 1. The van der Waals surface area contributed by atoms with Crippen LogP contribution in [0.5, 0.6) is 0 Å². The van der Waals surface area contributed by atoms with E-state index < -0.39 is 29.0 Å². The fourth-order valence-electron chi connectivity index (χ4n) is 9.80. The molecule has 4 heterocycles. The Morgan fingerprint density at radius 1 is 0.417 bits per heavy atom. The van der Waals surface area contributed by atoms with Gasteiger partial charge in [-0.2, -0.15) is 31.6 Å². The minimum atomic E-state index is -5.11. The van der Waals surface area contributed by atoms with Crippen molar-refractivity contribution < 1.29 is 26.3 Å². The highest BCUT2D eigenvalue weighted by molar-refractivity contribution is 6.13. The lowest BCUT2D eigenvalue weighted by molar-refractivity contribution is -0.142. The van der Waals surface area contributed by atoms with Crippen molar-refractivity contribution >= 4 is 43.6 Å². The summed E-state index contributed by atoms with van der Waals surface area (Å²) in [5.41, 5.74) is 4.38. The lowest BCUT2D eigenvalue weighted by Crippen LogP contribution is -2.12. The Kier molecular flexibility index (Phi) is 10.3. The molecule has 0 atom stereocenters. The number of alkyl halides is 6. The molecule has 12 rings (SSSR count). The molecular weight excluding hydrogens is 921 g/mol. The molecule has 0 N–H and O–H groups in total. The molecule has 0 bridgehead atoms. The summed E-state index contributed by atoms with van der Waals surface area (Å²) in [4.78, 5) is 19.9. The number of pyridine rings is 1.